The van der Waals surface area contributed by atoms with Gasteiger partial charge in [0.25, 0.3) is 0 Å². The van der Waals surface area contributed by atoms with Crippen LogP contribution in [0.1, 0.15) is 18.5 Å². The van der Waals surface area contributed by atoms with Crippen LogP contribution in [0.5, 0.6) is 5.75 Å². The normalized spacial score (nSPS) is 11.6. The van der Waals surface area contributed by atoms with Gasteiger partial charge in [-0.25, -0.2) is 9.18 Å². The van der Waals surface area contributed by atoms with E-state index < -0.39 is 11.8 Å². The van der Waals surface area contributed by atoms with Gasteiger partial charge < -0.3 is 15.4 Å². The van der Waals surface area contributed by atoms with E-state index in [9.17, 15) is 9.18 Å². The van der Waals surface area contributed by atoms with Gasteiger partial charge in [-0.1, -0.05) is 34.1 Å². The number of urea groups is 1. The summed E-state index contributed by atoms with van der Waals surface area (Å²) in [6, 6.07) is 11.0. The maximum absolute atomic E-state index is 13.1. The minimum absolute atomic E-state index is 0.193. The molecule has 6 heteroatoms. The highest BCUT2D eigenvalue weighted by Crippen LogP contribution is 2.26. The summed E-state index contributed by atoms with van der Waals surface area (Å²) in [6.07, 6.45) is 0. The van der Waals surface area contributed by atoms with E-state index in [1.165, 1.54) is 25.3 Å². The lowest BCUT2D eigenvalue weighted by Crippen LogP contribution is -2.31. The van der Waals surface area contributed by atoms with Gasteiger partial charge in [-0.05, 0) is 30.7 Å². The predicted molar refractivity (Wildman–Crippen MR) is 87.7 cm³/mol. The van der Waals surface area contributed by atoms with Gasteiger partial charge in [0.05, 0.1) is 18.8 Å². The first-order valence-electron chi connectivity index (χ1n) is 6.66. The second-order valence-electron chi connectivity index (χ2n) is 4.69. The van der Waals surface area contributed by atoms with Crippen molar-refractivity contribution in [1.29, 1.82) is 0 Å². The summed E-state index contributed by atoms with van der Waals surface area (Å²) < 4.78 is 19.1. The van der Waals surface area contributed by atoms with Crippen molar-refractivity contribution >= 4 is 27.6 Å². The van der Waals surface area contributed by atoms with E-state index in [1.807, 2.05) is 31.2 Å². The van der Waals surface area contributed by atoms with Gasteiger partial charge in [0.1, 0.15) is 11.6 Å². The Morgan fingerprint density at radius 1 is 1.27 bits per heavy atom. The fourth-order valence-electron chi connectivity index (χ4n) is 2.03. The molecule has 1 unspecified atom stereocenters. The molecular formula is C16H16BrFN2O2. The van der Waals surface area contributed by atoms with Crippen LogP contribution in [0, 0.1) is 5.82 Å². The molecule has 0 aliphatic heterocycles. The van der Waals surface area contributed by atoms with E-state index in [4.69, 9.17) is 4.74 Å². The highest BCUT2D eigenvalue weighted by Gasteiger charge is 2.13. The van der Waals surface area contributed by atoms with Gasteiger partial charge in [0, 0.05) is 10.5 Å². The van der Waals surface area contributed by atoms with Gasteiger partial charge in [0.2, 0.25) is 0 Å². The van der Waals surface area contributed by atoms with Crippen molar-refractivity contribution in [3.63, 3.8) is 0 Å². The summed E-state index contributed by atoms with van der Waals surface area (Å²) in [5.74, 6) is -0.159. The van der Waals surface area contributed by atoms with Crippen molar-refractivity contribution in [3.8, 4) is 5.75 Å². The third-order valence-corrected chi connectivity index (χ3v) is 3.85. The lowest BCUT2D eigenvalue weighted by molar-refractivity contribution is 0.249. The number of amides is 2. The van der Waals surface area contributed by atoms with Gasteiger partial charge in [-0.2, -0.15) is 0 Å². The molecule has 4 nitrogen and oxygen atoms in total. The zero-order valence-electron chi connectivity index (χ0n) is 12.2. The highest BCUT2D eigenvalue weighted by molar-refractivity contribution is 9.10. The van der Waals surface area contributed by atoms with E-state index >= 15 is 0 Å². The fraction of sp³-hybridized carbons (Fsp3) is 0.188. The first-order valence-corrected chi connectivity index (χ1v) is 7.46. The summed E-state index contributed by atoms with van der Waals surface area (Å²) in [4.78, 5) is 12.1. The van der Waals surface area contributed by atoms with E-state index in [2.05, 4.69) is 26.6 Å². The maximum Gasteiger partial charge on any atom is 0.319 e. The molecule has 0 heterocycles. The number of carbonyl (C=O) groups is 1. The molecule has 0 aromatic heterocycles. The number of ether oxygens (including phenoxy) is 1. The third-order valence-electron chi connectivity index (χ3n) is 3.13. The fourth-order valence-corrected chi connectivity index (χ4v) is 2.66. The smallest absolute Gasteiger partial charge is 0.319 e. The average Bonchev–Trinajstić information content (AvgIpc) is 2.49. The number of methoxy groups -OCH3 is 1. The van der Waals surface area contributed by atoms with Crippen molar-refractivity contribution in [1.82, 2.24) is 5.32 Å². The van der Waals surface area contributed by atoms with Crippen LogP contribution in [0.3, 0.4) is 0 Å². The Morgan fingerprint density at radius 3 is 2.68 bits per heavy atom. The van der Waals surface area contributed by atoms with Crippen molar-refractivity contribution in [2.75, 3.05) is 12.4 Å². The molecule has 0 radical (unpaired) electrons. The molecule has 0 bridgehead atoms. The summed E-state index contributed by atoms with van der Waals surface area (Å²) >= 11 is 3.45. The molecule has 2 aromatic carbocycles. The Bertz CT molecular complexity index is 679. The summed E-state index contributed by atoms with van der Waals surface area (Å²) in [6.45, 7) is 1.88. The molecule has 116 valence electrons. The third kappa shape index (κ3) is 3.98. The first-order chi connectivity index (χ1) is 10.5. The molecule has 2 N–H and O–H groups in total. The second-order valence-corrected chi connectivity index (χ2v) is 5.54. The van der Waals surface area contributed by atoms with Crippen LogP contribution in [0.4, 0.5) is 14.9 Å². The molecule has 2 rings (SSSR count). The molecule has 0 fully saturated rings. The Hall–Kier alpha value is -2.08. The minimum Gasteiger partial charge on any atom is -0.494 e. The molecule has 2 aromatic rings. The average molecular weight is 367 g/mol. The van der Waals surface area contributed by atoms with Gasteiger partial charge in [-0.3, -0.25) is 0 Å². The van der Waals surface area contributed by atoms with Crippen molar-refractivity contribution in [3.05, 3.63) is 58.3 Å². The Morgan fingerprint density at radius 2 is 2.00 bits per heavy atom. The number of nitrogens with one attached hydrogen (secondary N) is 2. The number of benzene rings is 2. The standard InChI is InChI=1S/C16H16BrFN2O2/c1-10(12-5-3-4-6-13(12)17)19-16(21)20-14-8-7-11(18)9-15(14)22-2/h3-10H,1-2H3,(H2,19,20,21). The van der Waals surface area contributed by atoms with Gasteiger partial charge in [-0.15, -0.1) is 0 Å². The van der Waals surface area contributed by atoms with E-state index in [-0.39, 0.29) is 11.8 Å². The molecule has 1 atom stereocenters. The zero-order valence-corrected chi connectivity index (χ0v) is 13.8. The number of rotatable bonds is 4. The molecule has 0 saturated heterocycles. The number of hydrogen-bond acceptors (Lipinski definition) is 2. The van der Waals surface area contributed by atoms with E-state index in [0.29, 0.717) is 5.69 Å². The number of anilines is 1. The quantitative estimate of drug-likeness (QED) is 0.837. The molecular weight excluding hydrogens is 351 g/mol. The molecule has 2 amide bonds. The lowest BCUT2D eigenvalue weighted by atomic mass is 10.1. The molecule has 0 saturated carbocycles. The molecule has 0 aliphatic rings. The molecule has 22 heavy (non-hydrogen) atoms. The summed E-state index contributed by atoms with van der Waals surface area (Å²) in [5, 5.41) is 5.47. The second kappa shape index (κ2) is 7.26. The van der Waals surface area contributed by atoms with Gasteiger partial charge in [0.15, 0.2) is 0 Å². The van der Waals surface area contributed by atoms with Crippen LogP contribution in [0.2, 0.25) is 0 Å². The number of halogens is 2. The maximum atomic E-state index is 13.1. The largest absolute Gasteiger partial charge is 0.494 e. The first kappa shape index (κ1) is 16.3. The number of hydrogen-bond donors (Lipinski definition) is 2. The van der Waals surface area contributed by atoms with Crippen LogP contribution >= 0.6 is 15.9 Å². The Labute approximate surface area is 136 Å². The molecule has 0 aliphatic carbocycles. The molecule has 0 spiro atoms. The van der Waals surface area contributed by atoms with Crippen molar-refractivity contribution < 1.29 is 13.9 Å². The lowest BCUT2D eigenvalue weighted by Gasteiger charge is -2.17. The van der Waals surface area contributed by atoms with E-state index in [1.54, 1.807) is 0 Å². The van der Waals surface area contributed by atoms with Crippen LogP contribution < -0.4 is 15.4 Å². The van der Waals surface area contributed by atoms with Gasteiger partial charge >= 0.3 is 6.03 Å². The van der Waals surface area contributed by atoms with Crippen molar-refractivity contribution in [2.24, 2.45) is 0 Å². The minimum atomic E-state index is -0.426. The van der Waals surface area contributed by atoms with Crippen LogP contribution in [0.25, 0.3) is 0 Å². The van der Waals surface area contributed by atoms with Crippen LogP contribution in [0.15, 0.2) is 46.9 Å². The van der Waals surface area contributed by atoms with Crippen LogP contribution in [-0.4, -0.2) is 13.1 Å². The topological polar surface area (TPSA) is 50.4 Å². The Balaban J connectivity index is 2.06. The zero-order chi connectivity index (χ0) is 16.1. The summed E-state index contributed by atoms with van der Waals surface area (Å²) in [7, 11) is 1.42. The number of carbonyl (C=O) groups excluding carboxylic acids is 1. The van der Waals surface area contributed by atoms with Crippen molar-refractivity contribution in [2.45, 2.75) is 13.0 Å². The SMILES string of the molecule is COc1cc(F)ccc1NC(=O)NC(C)c1ccccc1Br. The highest BCUT2D eigenvalue weighted by atomic mass is 79.9. The Kier molecular flexibility index (Phi) is 5.38. The van der Waals surface area contributed by atoms with Crippen LogP contribution in [-0.2, 0) is 0 Å². The summed E-state index contributed by atoms with van der Waals surface area (Å²) in [5.41, 5.74) is 1.37. The predicted octanol–water partition coefficient (Wildman–Crippen LogP) is 4.48. The van der Waals surface area contributed by atoms with E-state index in [0.717, 1.165) is 10.0 Å². The monoisotopic (exact) mass is 366 g/mol.